The van der Waals surface area contributed by atoms with Crippen LogP contribution in [-0.4, -0.2) is 58.6 Å². The lowest BCUT2D eigenvalue weighted by molar-refractivity contribution is -0.362. The van der Waals surface area contributed by atoms with E-state index < -0.39 is 70.6 Å². The van der Waals surface area contributed by atoms with E-state index in [1.54, 1.807) is 24.3 Å². The second-order valence-corrected chi connectivity index (χ2v) is 16.6. The number of ether oxygens (including phenoxy) is 3. The number of carbonyl (C=O) groups excluding carboxylic acids is 1. The van der Waals surface area contributed by atoms with Crippen LogP contribution in [0.25, 0.3) is 0 Å². The number of rotatable bonds is 5. The normalized spacial score (nSPS) is 33.9. The summed E-state index contributed by atoms with van der Waals surface area (Å²) in [6.07, 6.45) is -5.96. The van der Waals surface area contributed by atoms with Gasteiger partial charge in [-0.25, -0.2) is 9.18 Å². The summed E-state index contributed by atoms with van der Waals surface area (Å²) in [6.45, 7) is 6.22. The highest BCUT2D eigenvalue weighted by Gasteiger charge is 2.79. The summed E-state index contributed by atoms with van der Waals surface area (Å²) in [5.41, 5.74) is -3.48. The van der Waals surface area contributed by atoms with Crippen molar-refractivity contribution in [3.8, 4) is 0 Å². The molecule has 4 aliphatic carbocycles. The average molecular weight is 738 g/mol. The molecular weight excluding hydrogens is 692 g/mol. The maximum atomic E-state index is 15.4. The summed E-state index contributed by atoms with van der Waals surface area (Å²) in [6, 6.07) is 12.0. The summed E-state index contributed by atoms with van der Waals surface area (Å²) < 4.78 is 104. The molecule has 0 radical (unpaired) electrons. The molecule has 1 heterocycles. The van der Waals surface area contributed by atoms with E-state index in [-0.39, 0.29) is 37.7 Å². The molecule has 7 nitrogen and oxygen atoms in total. The summed E-state index contributed by atoms with van der Waals surface area (Å²) in [7, 11) is 0. The minimum Gasteiger partial charge on any atom is -0.444 e. The Morgan fingerprint density at radius 1 is 0.923 bits per heavy atom. The summed E-state index contributed by atoms with van der Waals surface area (Å²) in [4.78, 5) is 12.4. The third-order valence-corrected chi connectivity index (χ3v) is 12.7. The van der Waals surface area contributed by atoms with Crippen molar-refractivity contribution >= 4 is 11.8 Å². The van der Waals surface area contributed by atoms with E-state index in [0.29, 0.717) is 49.3 Å². The summed E-state index contributed by atoms with van der Waals surface area (Å²) in [5, 5.41) is 26.5. The first-order valence-corrected chi connectivity index (χ1v) is 17.9. The van der Waals surface area contributed by atoms with Gasteiger partial charge in [0.2, 0.25) is 0 Å². The second-order valence-electron chi connectivity index (χ2n) is 16.6. The van der Waals surface area contributed by atoms with Gasteiger partial charge >= 0.3 is 18.2 Å². The van der Waals surface area contributed by atoms with Crippen molar-refractivity contribution in [3.63, 3.8) is 0 Å². The summed E-state index contributed by atoms with van der Waals surface area (Å²) in [5.74, 6) is -8.56. The molecule has 1 amide bonds. The Labute approximate surface area is 298 Å². The van der Waals surface area contributed by atoms with Crippen molar-refractivity contribution in [2.24, 2.45) is 22.7 Å². The average Bonchev–Trinajstić information content (AvgIpc) is 3.36. The van der Waals surface area contributed by atoms with Crippen LogP contribution in [0.3, 0.4) is 0 Å². The maximum absolute atomic E-state index is 15.4. The van der Waals surface area contributed by atoms with Crippen molar-refractivity contribution in [1.82, 2.24) is 0 Å². The Hall–Kier alpha value is -3.13. The third-order valence-electron chi connectivity index (χ3n) is 12.7. The SMILES string of the molecule is CC1(C)COC2(CCC3=C4C(CCC3(O)C2)C2CC[C@@](O)(C(F)(F)C(F)(F)F)[C@@]2(C)C[C@@H]4c2ccc(COC(=O)Nc3ccc(F)cc3)cc2)OC1. The van der Waals surface area contributed by atoms with Gasteiger partial charge in [-0.15, -0.1) is 0 Å². The number of benzene rings is 2. The minimum atomic E-state index is -5.95. The van der Waals surface area contributed by atoms with E-state index in [0.717, 1.165) is 11.1 Å². The predicted molar refractivity (Wildman–Crippen MR) is 178 cm³/mol. The number of amides is 1. The zero-order valence-electron chi connectivity index (χ0n) is 29.4. The Balaban J connectivity index is 1.21. The highest BCUT2D eigenvalue weighted by molar-refractivity contribution is 5.84. The molecule has 1 saturated heterocycles. The molecule has 3 N–H and O–H groups in total. The van der Waals surface area contributed by atoms with E-state index in [1.807, 2.05) is 13.8 Å². The molecule has 0 aromatic heterocycles. The quantitative estimate of drug-likeness (QED) is 0.210. The number of carbonyl (C=O) groups is 1. The molecule has 1 aliphatic heterocycles. The van der Waals surface area contributed by atoms with Gasteiger partial charge in [0.15, 0.2) is 5.79 Å². The first-order chi connectivity index (χ1) is 24.2. The van der Waals surface area contributed by atoms with Crippen molar-refractivity contribution in [3.05, 3.63) is 76.6 Å². The number of alkyl halides is 5. The lowest BCUT2D eigenvalue weighted by atomic mass is 9.49. The van der Waals surface area contributed by atoms with Crippen LogP contribution in [0.1, 0.15) is 89.2 Å². The standard InChI is InChI=1S/C39H45F6NO6/c1-33(2)21-51-36(52-22-33)16-13-30-31-27(12-15-35(30,48)20-36)29-14-17-37(49,38(41,42)39(43,44)45)34(29,3)18-28(31)24-6-4-23(5-7-24)19-50-32(47)46-26-10-8-25(40)9-11-26/h4-11,27-29,48-49H,12-22H2,1-3H3,(H,46,47)/t27?,28-,29?,34+,35?,37+/m1/s1. The number of allylic oxidation sites excluding steroid dienone is 1. The third kappa shape index (κ3) is 6.03. The molecule has 2 aromatic carbocycles. The van der Waals surface area contributed by atoms with Gasteiger partial charge in [-0.1, -0.05) is 50.6 Å². The highest BCUT2D eigenvalue weighted by Crippen LogP contribution is 2.71. The molecule has 284 valence electrons. The molecular formula is C39H45F6NO6. The van der Waals surface area contributed by atoms with Gasteiger partial charge in [0.05, 0.1) is 18.8 Å². The van der Waals surface area contributed by atoms with Crippen LogP contribution < -0.4 is 5.32 Å². The summed E-state index contributed by atoms with van der Waals surface area (Å²) >= 11 is 0. The largest absolute Gasteiger partial charge is 0.456 e. The van der Waals surface area contributed by atoms with Crippen LogP contribution in [0.5, 0.6) is 0 Å². The Morgan fingerprint density at radius 3 is 2.21 bits per heavy atom. The van der Waals surface area contributed by atoms with Crippen LogP contribution in [-0.2, 0) is 20.8 Å². The zero-order valence-corrected chi connectivity index (χ0v) is 29.4. The molecule has 52 heavy (non-hydrogen) atoms. The molecule has 2 aromatic rings. The minimum absolute atomic E-state index is 0.00717. The Bertz CT molecular complexity index is 1720. The molecule has 3 unspecified atom stereocenters. The van der Waals surface area contributed by atoms with E-state index in [4.69, 9.17) is 14.2 Å². The number of halogens is 6. The van der Waals surface area contributed by atoms with E-state index >= 15 is 8.78 Å². The number of nitrogens with one attached hydrogen (secondary N) is 1. The second kappa shape index (κ2) is 12.5. The van der Waals surface area contributed by atoms with Gasteiger partial charge in [-0.2, -0.15) is 22.0 Å². The van der Waals surface area contributed by atoms with Gasteiger partial charge in [0.25, 0.3) is 0 Å². The number of anilines is 1. The number of hydrogen-bond donors (Lipinski definition) is 3. The molecule has 1 spiro atoms. The monoisotopic (exact) mass is 737 g/mol. The number of hydrogen-bond acceptors (Lipinski definition) is 6. The molecule has 6 atom stereocenters. The fourth-order valence-corrected chi connectivity index (χ4v) is 9.99. The van der Waals surface area contributed by atoms with Crippen molar-refractivity contribution < 1.29 is 55.6 Å². The van der Waals surface area contributed by atoms with E-state index in [9.17, 15) is 32.6 Å². The molecule has 3 saturated carbocycles. The molecule has 4 fully saturated rings. The topological polar surface area (TPSA) is 97.3 Å². The smallest absolute Gasteiger partial charge is 0.444 e. The fraction of sp³-hybridized carbons (Fsp3) is 0.615. The van der Waals surface area contributed by atoms with Gasteiger partial charge in [0.1, 0.15) is 18.0 Å². The van der Waals surface area contributed by atoms with Crippen molar-refractivity contribution in [1.29, 1.82) is 0 Å². The van der Waals surface area contributed by atoms with Crippen LogP contribution in [0.4, 0.5) is 36.8 Å². The first-order valence-electron chi connectivity index (χ1n) is 17.9. The van der Waals surface area contributed by atoms with Gasteiger partial charge in [0, 0.05) is 35.3 Å². The maximum Gasteiger partial charge on any atom is 0.456 e. The molecule has 7 rings (SSSR count). The molecule has 13 heteroatoms. The zero-order chi connectivity index (χ0) is 37.5. The van der Waals surface area contributed by atoms with Gasteiger partial charge in [-0.05, 0) is 91.3 Å². The first kappa shape index (κ1) is 37.2. The van der Waals surface area contributed by atoms with Crippen LogP contribution >= 0.6 is 0 Å². The Kier molecular flexibility index (Phi) is 8.91. The van der Waals surface area contributed by atoms with Gasteiger partial charge in [-0.3, -0.25) is 5.32 Å². The predicted octanol–water partition coefficient (Wildman–Crippen LogP) is 8.80. The Morgan fingerprint density at radius 2 is 1.58 bits per heavy atom. The van der Waals surface area contributed by atoms with Crippen LogP contribution in [0.15, 0.2) is 59.7 Å². The number of fused-ring (bicyclic) bond motifs is 4. The number of aliphatic hydroxyl groups is 2. The van der Waals surface area contributed by atoms with Crippen molar-refractivity contribution in [2.75, 3.05) is 18.5 Å². The fourth-order valence-electron chi connectivity index (χ4n) is 9.99. The lowest BCUT2D eigenvalue weighted by Gasteiger charge is -2.59. The van der Waals surface area contributed by atoms with Crippen LogP contribution in [0.2, 0.25) is 0 Å². The van der Waals surface area contributed by atoms with Crippen molar-refractivity contribution in [2.45, 2.75) is 114 Å². The van der Waals surface area contributed by atoms with E-state index in [1.165, 1.54) is 31.2 Å². The highest BCUT2D eigenvalue weighted by atomic mass is 19.4. The van der Waals surface area contributed by atoms with Crippen LogP contribution in [0, 0.1) is 28.5 Å². The molecule has 0 bridgehead atoms. The van der Waals surface area contributed by atoms with E-state index in [2.05, 4.69) is 5.32 Å². The molecule has 5 aliphatic rings. The van der Waals surface area contributed by atoms with Gasteiger partial charge < -0.3 is 24.4 Å². The lowest BCUT2D eigenvalue weighted by Crippen LogP contribution is -2.65.